The number of likely N-dealkylation sites (tertiary alicyclic amines) is 4. The van der Waals surface area contributed by atoms with E-state index < -0.39 is 5.92 Å². The molecule has 1 aromatic carbocycles. The predicted molar refractivity (Wildman–Crippen MR) is 192 cm³/mol. The van der Waals surface area contributed by atoms with E-state index >= 15 is 0 Å². The van der Waals surface area contributed by atoms with Crippen LogP contribution in [0.5, 0.6) is 0 Å². The number of nitrogens with zero attached hydrogens (tertiary/aromatic N) is 5. The minimum absolute atomic E-state index is 0.0124. The standard InChI is InChI=1S/C36H50ClN7O3S/c1-3-24-14-23(16-31(37)34(24)38)15-26(35(46)42-11-7-28(8-12-42)44-20-29-18-30(44)19-40(29)2)17-33(45)41-9-5-27(6-10-41)43-13-4-25-21-48-22-32(25)39-36(43)47/h14,16,21-22,26-30H,3-13,15,17-20,38H2,1-2H3,(H,39,47)/t26-,29?,30?/m0/s1. The molecular formula is C36H50ClN7O3S. The van der Waals surface area contributed by atoms with Crippen LogP contribution in [0.2, 0.25) is 5.02 Å². The van der Waals surface area contributed by atoms with Gasteiger partial charge in [0.25, 0.3) is 0 Å². The molecule has 2 aromatic rings. The van der Waals surface area contributed by atoms with E-state index in [-0.39, 0.29) is 30.3 Å². The van der Waals surface area contributed by atoms with E-state index in [2.05, 4.69) is 27.5 Å². The van der Waals surface area contributed by atoms with Crippen LogP contribution in [0.25, 0.3) is 0 Å². The Labute approximate surface area is 293 Å². The number of benzene rings is 1. The third-order valence-electron chi connectivity index (χ3n) is 11.8. The van der Waals surface area contributed by atoms with Crippen LogP contribution in [0.3, 0.4) is 0 Å². The molecule has 2 unspecified atom stereocenters. The Morgan fingerprint density at radius 1 is 0.979 bits per heavy atom. The Bertz CT molecular complexity index is 1520. The highest BCUT2D eigenvalue weighted by atomic mass is 35.5. The molecule has 3 N–H and O–H groups in total. The lowest BCUT2D eigenvalue weighted by atomic mass is 9.91. The smallest absolute Gasteiger partial charge is 0.322 e. The van der Waals surface area contributed by atoms with Crippen LogP contribution in [0.15, 0.2) is 22.9 Å². The van der Waals surface area contributed by atoms with Gasteiger partial charge in [-0.15, -0.1) is 11.3 Å². The maximum Gasteiger partial charge on any atom is 0.322 e. The molecule has 1 aromatic heterocycles. The molecule has 10 nitrogen and oxygen atoms in total. The molecule has 2 bridgehead atoms. The number of aryl methyl sites for hydroxylation is 1. The second kappa shape index (κ2) is 14.2. The summed E-state index contributed by atoms with van der Waals surface area (Å²) < 4.78 is 0. The fraction of sp³-hybridized carbons (Fsp3) is 0.639. The maximum absolute atomic E-state index is 14.3. The van der Waals surface area contributed by atoms with Gasteiger partial charge < -0.3 is 30.7 Å². The molecule has 48 heavy (non-hydrogen) atoms. The second-order valence-electron chi connectivity index (χ2n) is 14.6. The number of thiophene rings is 1. The van der Waals surface area contributed by atoms with Crippen LogP contribution >= 0.6 is 22.9 Å². The Balaban J connectivity index is 0.993. The van der Waals surface area contributed by atoms with Gasteiger partial charge in [0, 0.05) is 81.8 Å². The van der Waals surface area contributed by atoms with Crippen molar-refractivity contribution in [3.63, 3.8) is 0 Å². The number of carbonyl (C=O) groups excluding carboxylic acids is 3. The topological polar surface area (TPSA) is 105 Å². The van der Waals surface area contributed by atoms with Crippen molar-refractivity contribution in [1.82, 2.24) is 24.5 Å². The summed E-state index contributed by atoms with van der Waals surface area (Å²) in [6.07, 6.45) is 6.91. The van der Waals surface area contributed by atoms with Gasteiger partial charge in [-0.05, 0) is 86.6 Å². The van der Waals surface area contributed by atoms with Crippen molar-refractivity contribution in [2.24, 2.45) is 5.92 Å². The molecule has 0 saturated carbocycles. The maximum atomic E-state index is 14.3. The average Bonchev–Trinajstić information content (AvgIpc) is 3.79. The average molecular weight is 696 g/mol. The first-order valence-electron chi connectivity index (χ1n) is 17.9. The van der Waals surface area contributed by atoms with Gasteiger partial charge in [-0.3, -0.25) is 14.5 Å². The molecule has 6 heterocycles. The number of piperazine rings is 1. The zero-order valence-corrected chi connectivity index (χ0v) is 29.9. The van der Waals surface area contributed by atoms with Gasteiger partial charge in [-0.25, -0.2) is 4.79 Å². The lowest BCUT2D eigenvalue weighted by Crippen LogP contribution is -2.54. The Hall–Kier alpha value is -2.86. The van der Waals surface area contributed by atoms with Crippen molar-refractivity contribution in [3.05, 3.63) is 44.6 Å². The van der Waals surface area contributed by atoms with Crippen LogP contribution in [0.4, 0.5) is 16.2 Å². The summed E-state index contributed by atoms with van der Waals surface area (Å²) in [6.45, 7) is 7.65. The van der Waals surface area contributed by atoms with Gasteiger partial charge in [-0.2, -0.15) is 0 Å². The summed E-state index contributed by atoms with van der Waals surface area (Å²) >= 11 is 8.15. The summed E-state index contributed by atoms with van der Waals surface area (Å²) in [4.78, 5) is 52.2. The second-order valence-corrected chi connectivity index (χ2v) is 15.8. The van der Waals surface area contributed by atoms with Crippen LogP contribution < -0.4 is 11.1 Å². The predicted octanol–water partition coefficient (Wildman–Crippen LogP) is 4.56. The Morgan fingerprint density at radius 3 is 2.40 bits per heavy atom. The van der Waals surface area contributed by atoms with E-state index in [0.717, 1.165) is 81.5 Å². The molecule has 0 radical (unpaired) electrons. The number of anilines is 2. The molecule has 0 spiro atoms. The van der Waals surface area contributed by atoms with Crippen molar-refractivity contribution in [2.45, 2.75) is 88.9 Å². The number of nitrogen functional groups attached to an aromatic ring is 1. The van der Waals surface area contributed by atoms with E-state index in [1.165, 1.54) is 12.0 Å². The number of nitrogens with two attached hydrogens (primary N) is 1. The summed E-state index contributed by atoms with van der Waals surface area (Å²) in [7, 11) is 2.23. The highest BCUT2D eigenvalue weighted by Gasteiger charge is 2.45. The first-order chi connectivity index (χ1) is 23.2. The number of amides is 4. The molecule has 260 valence electrons. The van der Waals surface area contributed by atoms with Gasteiger partial charge in [-0.1, -0.05) is 24.6 Å². The molecule has 12 heteroatoms. The quantitative estimate of drug-likeness (QED) is 0.393. The zero-order chi connectivity index (χ0) is 33.5. The van der Waals surface area contributed by atoms with Gasteiger partial charge >= 0.3 is 6.03 Å². The summed E-state index contributed by atoms with van der Waals surface area (Å²) in [6, 6.07) is 5.80. The minimum Gasteiger partial charge on any atom is -0.397 e. The highest BCUT2D eigenvalue weighted by Crippen LogP contribution is 2.35. The number of hydrogen-bond acceptors (Lipinski definition) is 7. The Kier molecular flexibility index (Phi) is 9.93. The number of halogens is 1. The van der Waals surface area contributed by atoms with Crippen molar-refractivity contribution < 1.29 is 14.4 Å². The lowest BCUT2D eigenvalue weighted by Gasteiger charge is -2.42. The van der Waals surface area contributed by atoms with Crippen LogP contribution in [0, 0.1) is 5.92 Å². The minimum atomic E-state index is -0.470. The largest absolute Gasteiger partial charge is 0.397 e. The fourth-order valence-electron chi connectivity index (χ4n) is 8.97. The molecule has 3 atom stereocenters. The fourth-order valence-corrected chi connectivity index (χ4v) is 10.1. The lowest BCUT2D eigenvalue weighted by molar-refractivity contribution is -0.143. The summed E-state index contributed by atoms with van der Waals surface area (Å²) in [5, 5.41) is 7.68. The number of rotatable bonds is 8. The number of carbonyl (C=O) groups is 3. The van der Waals surface area contributed by atoms with Crippen molar-refractivity contribution in [3.8, 4) is 0 Å². The van der Waals surface area contributed by atoms with Gasteiger partial charge in [0.05, 0.1) is 22.3 Å². The SMILES string of the molecule is CCc1cc(C[C@@H](CC(=O)N2CCC(N3CCc4cscc4NC3=O)CC2)C(=O)N2CCC(N3CC4CC3CN4C)CC2)cc(Cl)c1N. The van der Waals surface area contributed by atoms with E-state index in [0.29, 0.717) is 54.9 Å². The van der Waals surface area contributed by atoms with Crippen molar-refractivity contribution in [1.29, 1.82) is 0 Å². The summed E-state index contributed by atoms with van der Waals surface area (Å²) in [5.74, 6) is -0.389. The number of urea groups is 1. The van der Waals surface area contributed by atoms with Gasteiger partial charge in [0.1, 0.15) is 0 Å². The molecule has 7 rings (SSSR count). The normalized spacial score (nSPS) is 24.9. The first-order valence-corrected chi connectivity index (χ1v) is 19.2. The summed E-state index contributed by atoms with van der Waals surface area (Å²) in [5.41, 5.74) is 10.8. The first kappa shape index (κ1) is 33.6. The number of piperidine rings is 2. The monoisotopic (exact) mass is 695 g/mol. The molecule has 4 amide bonds. The van der Waals surface area contributed by atoms with E-state index in [9.17, 15) is 14.4 Å². The van der Waals surface area contributed by atoms with Crippen LogP contribution in [0.1, 0.15) is 62.1 Å². The number of likely N-dealkylation sites (N-methyl/N-ethyl adjacent to an activating group) is 1. The van der Waals surface area contributed by atoms with E-state index in [4.69, 9.17) is 17.3 Å². The van der Waals surface area contributed by atoms with Crippen molar-refractivity contribution in [2.75, 3.05) is 63.9 Å². The van der Waals surface area contributed by atoms with Crippen LogP contribution in [-0.2, 0) is 28.9 Å². The van der Waals surface area contributed by atoms with E-state index in [1.807, 2.05) is 39.1 Å². The van der Waals surface area contributed by atoms with Crippen molar-refractivity contribution >= 4 is 52.2 Å². The number of nitrogens with one attached hydrogen (secondary N) is 1. The van der Waals surface area contributed by atoms with Gasteiger partial charge in [0.2, 0.25) is 11.8 Å². The van der Waals surface area contributed by atoms with Crippen LogP contribution in [-0.4, -0.2) is 119 Å². The highest BCUT2D eigenvalue weighted by molar-refractivity contribution is 7.08. The molecule has 4 saturated heterocycles. The third kappa shape index (κ3) is 6.80. The molecule has 5 aliphatic rings. The Morgan fingerprint density at radius 2 is 1.71 bits per heavy atom. The third-order valence-corrected chi connectivity index (χ3v) is 12.9. The number of fused-ring (bicyclic) bond motifs is 3. The molecule has 5 aliphatic heterocycles. The van der Waals surface area contributed by atoms with Gasteiger partial charge in [0.15, 0.2) is 0 Å². The molecule has 4 fully saturated rings. The number of hydrogen-bond donors (Lipinski definition) is 2. The van der Waals surface area contributed by atoms with E-state index in [1.54, 1.807) is 11.3 Å². The molecule has 0 aliphatic carbocycles. The zero-order valence-electron chi connectivity index (χ0n) is 28.3. The molecular weight excluding hydrogens is 646 g/mol.